The summed E-state index contributed by atoms with van der Waals surface area (Å²) < 4.78 is 23.4. The van der Waals surface area contributed by atoms with E-state index in [0.29, 0.717) is 56.5 Å². The van der Waals surface area contributed by atoms with Crippen molar-refractivity contribution in [2.45, 2.75) is 18.5 Å². The maximum absolute atomic E-state index is 12.7. The molecule has 3 unspecified atom stereocenters. The van der Waals surface area contributed by atoms with Crippen LogP contribution in [0.3, 0.4) is 0 Å². The van der Waals surface area contributed by atoms with Gasteiger partial charge in [-0.1, -0.05) is 35.8 Å². The smallest absolute Gasteiger partial charge is 0.243 e. The first-order valence-corrected chi connectivity index (χ1v) is 13.9. The summed E-state index contributed by atoms with van der Waals surface area (Å²) in [5.74, 6) is 5.54. The predicted molar refractivity (Wildman–Crippen MR) is 147 cm³/mol. The molecule has 0 spiro atoms. The second-order valence-corrected chi connectivity index (χ2v) is 11.9. The Morgan fingerprint density at radius 1 is 1.17 bits per heavy atom. The van der Waals surface area contributed by atoms with Gasteiger partial charge in [0.25, 0.3) is 0 Å². The van der Waals surface area contributed by atoms with Crippen molar-refractivity contribution in [3.8, 4) is 22.6 Å². The van der Waals surface area contributed by atoms with Gasteiger partial charge >= 0.3 is 0 Å². The number of nitrogens with zero attached hydrogens (tertiary/aromatic N) is 2. The molecule has 2 heterocycles. The predicted octanol–water partition coefficient (Wildman–Crippen LogP) is 4.19. The van der Waals surface area contributed by atoms with Gasteiger partial charge in [0.1, 0.15) is 11.5 Å². The van der Waals surface area contributed by atoms with Crippen molar-refractivity contribution in [2.24, 2.45) is 0 Å². The number of carbonyl (C=O) groups excluding carboxylic acids is 1. The Kier molecular flexibility index (Phi) is 7.63. The molecule has 2 N–H and O–H groups in total. The molecule has 1 fully saturated rings. The average molecular weight is 549 g/mol. The van der Waals surface area contributed by atoms with Crippen molar-refractivity contribution >= 4 is 61.4 Å². The summed E-state index contributed by atoms with van der Waals surface area (Å²) in [6.45, 7) is 3.50. The van der Waals surface area contributed by atoms with E-state index in [0.717, 1.165) is 10.9 Å². The summed E-state index contributed by atoms with van der Waals surface area (Å²) in [6.07, 6.45) is 3.42. The monoisotopic (exact) mass is 548 g/mol. The number of aromatic nitrogens is 2. The van der Waals surface area contributed by atoms with Crippen LogP contribution >= 0.6 is 23.2 Å². The van der Waals surface area contributed by atoms with Gasteiger partial charge in [-0.25, -0.2) is 9.97 Å². The highest BCUT2D eigenvalue weighted by atomic mass is 35.5. The molecule has 0 radical (unpaired) electrons. The van der Waals surface area contributed by atoms with E-state index in [1.807, 2.05) is 18.2 Å². The molecule has 2 aromatic carbocycles. The highest BCUT2D eigenvalue weighted by Crippen LogP contribution is 2.46. The molecule has 8 nitrogen and oxygen atoms in total. The van der Waals surface area contributed by atoms with Gasteiger partial charge in [-0.15, -0.1) is 0 Å². The van der Waals surface area contributed by atoms with Gasteiger partial charge in [-0.3, -0.25) is 9.00 Å². The number of anilines is 1. The summed E-state index contributed by atoms with van der Waals surface area (Å²) in [5.41, 5.74) is 2.00. The summed E-state index contributed by atoms with van der Waals surface area (Å²) in [4.78, 5) is 20.9. The number of methoxy groups -OCH3 is 2. The molecule has 11 heteroatoms. The number of amides is 1. The molecule has 0 bridgehead atoms. The van der Waals surface area contributed by atoms with Gasteiger partial charge in [0, 0.05) is 34.7 Å². The molecule has 1 aromatic heterocycles. The zero-order chi connectivity index (χ0) is 26.0. The Hall–Kier alpha value is -3.01. The number of halogens is 2. The van der Waals surface area contributed by atoms with E-state index in [-0.39, 0.29) is 18.0 Å². The Bertz CT molecular complexity index is 1420. The number of nitrogens with one attached hydrogen (secondary N) is 2. The van der Waals surface area contributed by atoms with Gasteiger partial charge in [0.2, 0.25) is 11.9 Å². The lowest BCUT2D eigenvalue weighted by Gasteiger charge is -2.34. The number of hydrogen-bond acceptors (Lipinski definition) is 7. The molecular weight excluding hydrogens is 523 g/mol. The fraction of sp³-hybridized carbons (Fsp3) is 0.280. The van der Waals surface area contributed by atoms with Crippen molar-refractivity contribution < 1.29 is 18.5 Å². The molecule has 1 aliphatic heterocycles. The lowest BCUT2D eigenvalue weighted by molar-refractivity contribution is -0.117. The first kappa shape index (κ1) is 26.1. The van der Waals surface area contributed by atoms with E-state index in [1.165, 1.54) is 20.3 Å². The van der Waals surface area contributed by atoms with Crippen LogP contribution in [0.4, 0.5) is 5.95 Å². The maximum atomic E-state index is 12.7. The molecule has 3 atom stereocenters. The van der Waals surface area contributed by atoms with E-state index in [1.54, 1.807) is 12.3 Å². The van der Waals surface area contributed by atoms with Crippen LogP contribution in [0.1, 0.15) is 6.42 Å². The second kappa shape index (κ2) is 10.5. The van der Waals surface area contributed by atoms with E-state index in [2.05, 4.69) is 33.1 Å². The molecule has 0 saturated carbocycles. The van der Waals surface area contributed by atoms with Gasteiger partial charge in [0.05, 0.1) is 41.9 Å². The molecule has 1 aliphatic rings. The molecule has 1 saturated heterocycles. The fourth-order valence-electron chi connectivity index (χ4n) is 4.19. The molecule has 1 amide bonds. The third-order valence-corrected chi connectivity index (χ3v) is 8.74. The van der Waals surface area contributed by atoms with Crippen LogP contribution in [0.15, 0.2) is 43.1 Å². The number of benzene rings is 2. The highest BCUT2D eigenvalue weighted by Gasteiger charge is 2.31. The Balaban J connectivity index is 1.66. The molecule has 36 heavy (non-hydrogen) atoms. The van der Waals surface area contributed by atoms with Crippen molar-refractivity contribution in [1.82, 2.24) is 15.3 Å². The van der Waals surface area contributed by atoms with Crippen LogP contribution in [0.2, 0.25) is 10.0 Å². The molecular formula is C25H26Cl2N4O4S. The van der Waals surface area contributed by atoms with Crippen LogP contribution < -0.4 is 20.1 Å². The highest BCUT2D eigenvalue weighted by molar-refractivity contribution is 8.00. The van der Waals surface area contributed by atoms with Crippen molar-refractivity contribution in [3.05, 3.63) is 53.2 Å². The van der Waals surface area contributed by atoms with Gasteiger partial charge in [-0.2, -0.15) is 0 Å². The normalized spacial score (nSPS) is 21.6. The zero-order valence-corrected chi connectivity index (χ0v) is 22.2. The Labute approximate surface area is 220 Å². The zero-order valence-electron chi connectivity index (χ0n) is 19.8. The largest absolute Gasteiger partial charge is 0.495 e. The van der Waals surface area contributed by atoms with E-state index >= 15 is 0 Å². The van der Waals surface area contributed by atoms with Crippen LogP contribution in [0.25, 0.3) is 22.0 Å². The SMILES string of the molecule is C=CC(=O)NC1CCS(=C)(=O)CC1Nc1ncc2cc(-c3c(Cl)c(OC)cc(OC)c3Cl)ccc2n1. The number of rotatable bonds is 7. The summed E-state index contributed by atoms with van der Waals surface area (Å²) >= 11 is 13.1. The number of fused-ring (bicyclic) bond motifs is 1. The Morgan fingerprint density at radius 3 is 2.50 bits per heavy atom. The lowest BCUT2D eigenvalue weighted by atomic mass is 10.0. The molecule has 3 aromatic rings. The number of carbonyl (C=O) groups is 1. The minimum Gasteiger partial charge on any atom is -0.495 e. The summed E-state index contributed by atoms with van der Waals surface area (Å²) in [5, 5.41) is 7.62. The molecule has 4 rings (SSSR count). The van der Waals surface area contributed by atoms with Crippen LogP contribution in [-0.4, -0.2) is 63.8 Å². The second-order valence-electron chi connectivity index (χ2n) is 8.45. The summed E-state index contributed by atoms with van der Waals surface area (Å²) in [6, 6.07) is 6.60. The molecule has 190 valence electrons. The van der Waals surface area contributed by atoms with Crippen LogP contribution in [0, 0.1) is 0 Å². The maximum Gasteiger partial charge on any atom is 0.243 e. The topological polar surface area (TPSA) is 102 Å². The average Bonchev–Trinajstić information content (AvgIpc) is 2.85. The quantitative estimate of drug-likeness (QED) is 0.337. The van der Waals surface area contributed by atoms with Gasteiger partial charge in [0.15, 0.2) is 0 Å². The van der Waals surface area contributed by atoms with Crippen LogP contribution in [-0.2, 0) is 14.3 Å². The first-order chi connectivity index (χ1) is 17.2. The standard InChI is InChI=1S/C25H26Cl2N4O4S/c1-5-21(32)29-17-8-9-36(4,33)13-18(17)31-25-28-12-15-10-14(6-7-16(15)30-25)22-23(26)19(34-2)11-20(35-3)24(22)27/h5-7,10-12,17-18H,1,4,8-9,13H2,2-3H3,(H,29,32)(H,28,30,31). The van der Waals surface area contributed by atoms with Crippen molar-refractivity contribution in [1.29, 1.82) is 0 Å². The minimum absolute atomic E-state index is 0.249. The van der Waals surface area contributed by atoms with Gasteiger partial charge < -0.3 is 20.1 Å². The fourth-order valence-corrected chi connectivity index (χ4v) is 6.73. The number of hydrogen-bond donors (Lipinski definition) is 2. The van der Waals surface area contributed by atoms with Crippen molar-refractivity contribution in [2.75, 3.05) is 31.0 Å². The van der Waals surface area contributed by atoms with E-state index in [9.17, 15) is 9.00 Å². The minimum atomic E-state index is -2.27. The third-order valence-electron chi connectivity index (χ3n) is 6.04. The Morgan fingerprint density at radius 2 is 1.86 bits per heavy atom. The third kappa shape index (κ3) is 5.38. The lowest BCUT2D eigenvalue weighted by Crippen LogP contribution is -2.53. The molecule has 0 aliphatic carbocycles. The van der Waals surface area contributed by atoms with Gasteiger partial charge in [-0.05, 0) is 45.6 Å². The first-order valence-electron chi connectivity index (χ1n) is 11.0. The van der Waals surface area contributed by atoms with Crippen molar-refractivity contribution in [3.63, 3.8) is 0 Å². The van der Waals surface area contributed by atoms with E-state index < -0.39 is 9.52 Å². The van der Waals surface area contributed by atoms with Crippen LogP contribution in [0.5, 0.6) is 11.5 Å². The number of ether oxygens (including phenoxy) is 2. The summed E-state index contributed by atoms with van der Waals surface area (Å²) in [7, 11) is 0.777. The van der Waals surface area contributed by atoms with E-state index in [4.69, 9.17) is 32.7 Å².